The Morgan fingerprint density at radius 3 is 2.63 bits per heavy atom. The number of aromatic nitrogens is 1. The molecule has 4 rings (SSSR count). The van der Waals surface area contributed by atoms with Crippen molar-refractivity contribution in [2.75, 3.05) is 18.6 Å². The number of Topliss-reactive ketones (excluding diaryl/α,β-unsaturated/α-hetero) is 1. The van der Waals surface area contributed by atoms with E-state index in [1.807, 2.05) is 35.1 Å². The molecule has 35 heavy (non-hydrogen) atoms. The van der Waals surface area contributed by atoms with Crippen LogP contribution in [0.1, 0.15) is 55.1 Å². The highest BCUT2D eigenvalue weighted by atomic mass is 32.1. The summed E-state index contributed by atoms with van der Waals surface area (Å²) in [5.74, 6) is -0.126. The Balaban J connectivity index is 1.52. The van der Waals surface area contributed by atoms with Crippen LogP contribution in [0, 0.1) is 23.2 Å². The molecule has 1 saturated carbocycles. The quantitative estimate of drug-likeness (QED) is 0.320. The lowest BCUT2D eigenvalue weighted by molar-refractivity contribution is -0.146. The van der Waals surface area contributed by atoms with E-state index in [-0.39, 0.29) is 36.0 Å². The van der Waals surface area contributed by atoms with Gasteiger partial charge in [0, 0.05) is 18.7 Å². The van der Waals surface area contributed by atoms with Crippen molar-refractivity contribution in [1.29, 1.82) is 5.26 Å². The van der Waals surface area contributed by atoms with Crippen LogP contribution in [-0.4, -0.2) is 35.9 Å². The first-order chi connectivity index (χ1) is 16.9. The third kappa shape index (κ3) is 5.30. The van der Waals surface area contributed by atoms with Crippen LogP contribution >= 0.6 is 11.3 Å². The maximum atomic E-state index is 13.4. The number of carbonyl (C=O) groups is 3. The molecule has 182 valence electrons. The predicted molar refractivity (Wildman–Crippen MR) is 135 cm³/mol. The molecule has 2 aromatic heterocycles. The standard InChI is InChI=1S/C27H29N3O4S/c1-3-29(21-6-4-5-19(13-21)16-28)26(32)17-30-22-11-12-35-25(22)15-23(30)24(31)14-18-7-9-20(10-8-18)27(33)34-2/h4-6,11-13,15,18,20H,3,7-10,14,17H2,1-2H3. The predicted octanol–water partition coefficient (Wildman–Crippen LogP) is 5.18. The van der Waals surface area contributed by atoms with Gasteiger partial charge >= 0.3 is 5.97 Å². The van der Waals surface area contributed by atoms with E-state index >= 15 is 0 Å². The smallest absolute Gasteiger partial charge is 0.308 e. The average molecular weight is 492 g/mol. The van der Waals surface area contributed by atoms with Crippen LogP contribution in [0.4, 0.5) is 5.69 Å². The lowest BCUT2D eigenvalue weighted by atomic mass is 9.79. The minimum Gasteiger partial charge on any atom is -0.469 e. The average Bonchev–Trinajstić information content (AvgIpc) is 3.47. The van der Waals surface area contributed by atoms with Gasteiger partial charge in [-0.3, -0.25) is 14.4 Å². The van der Waals surface area contributed by atoms with Crippen LogP contribution in [-0.2, 0) is 20.9 Å². The summed E-state index contributed by atoms with van der Waals surface area (Å²) < 4.78 is 7.67. The number of amides is 1. The number of nitriles is 1. The first-order valence-electron chi connectivity index (χ1n) is 11.9. The number of methoxy groups -OCH3 is 1. The number of hydrogen-bond acceptors (Lipinski definition) is 6. The van der Waals surface area contributed by atoms with Crippen LogP contribution in [0.5, 0.6) is 0 Å². The summed E-state index contributed by atoms with van der Waals surface area (Å²) in [4.78, 5) is 40.2. The minimum absolute atomic E-state index is 0.0252. The normalized spacial score (nSPS) is 17.6. The largest absolute Gasteiger partial charge is 0.469 e. The summed E-state index contributed by atoms with van der Waals surface area (Å²) in [7, 11) is 1.42. The van der Waals surface area contributed by atoms with Gasteiger partial charge in [0.15, 0.2) is 5.78 Å². The van der Waals surface area contributed by atoms with Crippen molar-refractivity contribution >= 4 is 44.9 Å². The molecule has 0 atom stereocenters. The number of fused-ring (bicyclic) bond motifs is 1. The molecule has 1 amide bonds. The number of esters is 1. The fourth-order valence-electron chi connectivity index (χ4n) is 4.98. The molecule has 3 aromatic rings. The summed E-state index contributed by atoms with van der Waals surface area (Å²) >= 11 is 1.55. The first-order valence-corrected chi connectivity index (χ1v) is 12.8. The summed E-state index contributed by atoms with van der Waals surface area (Å²) in [6.45, 7) is 2.39. The Morgan fingerprint density at radius 1 is 1.17 bits per heavy atom. The van der Waals surface area contributed by atoms with Gasteiger partial charge in [0.2, 0.25) is 5.91 Å². The fourth-order valence-corrected chi connectivity index (χ4v) is 5.80. The molecule has 0 bridgehead atoms. The molecule has 7 nitrogen and oxygen atoms in total. The van der Waals surface area contributed by atoms with E-state index in [1.165, 1.54) is 7.11 Å². The molecule has 1 aliphatic rings. The summed E-state index contributed by atoms with van der Waals surface area (Å²) in [5.41, 5.74) is 2.59. The Hall–Kier alpha value is -3.44. The van der Waals surface area contributed by atoms with E-state index in [1.54, 1.807) is 34.4 Å². The Kier molecular flexibility index (Phi) is 7.67. The van der Waals surface area contributed by atoms with Gasteiger partial charge in [-0.25, -0.2) is 0 Å². The number of likely N-dealkylation sites (N-methyl/N-ethyl adjacent to an activating group) is 1. The van der Waals surface area contributed by atoms with E-state index in [0.29, 0.717) is 29.9 Å². The van der Waals surface area contributed by atoms with Gasteiger partial charge in [0.25, 0.3) is 0 Å². The Bertz CT molecular complexity index is 1280. The van der Waals surface area contributed by atoms with Crippen LogP contribution in [0.25, 0.3) is 10.2 Å². The summed E-state index contributed by atoms with van der Waals surface area (Å²) in [6, 6.07) is 12.9. The molecule has 0 saturated heterocycles. The van der Waals surface area contributed by atoms with Gasteiger partial charge in [-0.15, -0.1) is 11.3 Å². The zero-order chi connectivity index (χ0) is 24.9. The number of carbonyl (C=O) groups excluding carboxylic acids is 3. The van der Waals surface area contributed by atoms with Crippen molar-refractivity contribution in [3.63, 3.8) is 0 Å². The Labute approximate surface area is 208 Å². The van der Waals surface area contributed by atoms with Crippen molar-refractivity contribution in [3.8, 4) is 6.07 Å². The number of hydrogen-bond donors (Lipinski definition) is 0. The second kappa shape index (κ2) is 10.9. The summed E-state index contributed by atoms with van der Waals surface area (Å²) in [6.07, 6.45) is 3.52. The molecule has 2 heterocycles. The molecule has 1 fully saturated rings. The van der Waals surface area contributed by atoms with Gasteiger partial charge in [-0.05, 0) is 74.2 Å². The molecule has 0 aliphatic heterocycles. The SMILES string of the molecule is CCN(C(=O)Cn1c(C(=O)CC2CCC(C(=O)OC)CC2)cc2sccc21)c1cccc(C#N)c1. The van der Waals surface area contributed by atoms with Crippen molar-refractivity contribution < 1.29 is 19.1 Å². The van der Waals surface area contributed by atoms with E-state index in [4.69, 9.17) is 4.74 Å². The lowest BCUT2D eigenvalue weighted by Gasteiger charge is -2.26. The third-order valence-corrected chi connectivity index (χ3v) is 7.71. The van der Waals surface area contributed by atoms with Crippen LogP contribution < -0.4 is 4.90 Å². The van der Waals surface area contributed by atoms with E-state index in [9.17, 15) is 19.6 Å². The second-order valence-corrected chi connectivity index (χ2v) is 9.90. The zero-order valence-electron chi connectivity index (χ0n) is 20.0. The molecule has 0 N–H and O–H groups in total. The highest BCUT2D eigenvalue weighted by Gasteiger charge is 2.29. The van der Waals surface area contributed by atoms with Crippen molar-refractivity contribution in [2.24, 2.45) is 11.8 Å². The molecular formula is C27H29N3O4S. The molecule has 1 aromatic carbocycles. The van der Waals surface area contributed by atoms with E-state index in [0.717, 1.165) is 35.9 Å². The number of ether oxygens (including phenoxy) is 1. The van der Waals surface area contributed by atoms with Gasteiger partial charge in [0.05, 0.1) is 40.6 Å². The number of ketones is 1. The number of anilines is 1. The molecular weight excluding hydrogens is 462 g/mol. The molecule has 0 radical (unpaired) electrons. The van der Waals surface area contributed by atoms with Crippen LogP contribution in [0.3, 0.4) is 0 Å². The fraction of sp³-hybridized carbons (Fsp3) is 0.407. The highest BCUT2D eigenvalue weighted by molar-refractivity contribution is 7.17. The van der Waals surface area contributed by atoms with Gasteiger partial charge in [-0.1, -0.05) is 6.07 Å². The van der Waals surface area contributed by atoms with E-state index < -0.39 is 0 Å². The summed E-state index contributed by atoms with van der Waals surface area (Å²) in [5, 5.41) is 11.2. The maximum Gasteiger partial charge on any atom is 0.308 e. The van der Waals surface area contributed by atoms with Crippen molar-refractivity contribution in [3.05, 3.63) is 53.0 Å². The van der Waals surface area contributed by atoms with Gasteiger partial charge in [-0.2, -0.15) is 5.26 Å². The minimum atomic E-state index is -0.164. The molecule has 0 unspecified atom stereocenters. The first kappa shape index (κ1) is 24.7. The molecule has 0 spiro atoms. The van der Waals surface area contributed by atoms with Crippen molar-refractivity contribution in [1.82, 2.24) is 4.57 Å². The molecule has 8 heteroatoms. The lowest BCUT2D eigenvalue weighted by Crippen LogP contribution is -2.34. The number of nitrogens with zero attached hydrogens (tertiary/aromatic N) is 3. The highest BCUT2D eigenvalue weighted by Crippen LogP contribution is 2.33. The monoisotopic (exact) mass is 491 g/mol. The van der Waals surface area contributed by atoms with Crippen molar-refractivity contribution in [2.45, 2.75) is 45.6 Å². The van der Waals surface area contributed by atoms with Gasteiger partial charge < -0.3 is 14.2 Å². The molecule has 1 aliphatic carbocycles. The third-order valence-electron chi connectivity index (χ3n) is 6.86. The second-order valence-electron chi connectivity index (χ2n) is 8.95. The number of benzene rings is 1. The van der Waals surface area contributed by atoms with Gasteiger partial charge in [0.1, 0.15) is 6.54 Å². The topological polar surface area (TPSA) is 92.4 Å². The van der Waals surface area contributed by atoms with Crippen LogP contribution in [0.15, 0.2) is 41.8 Å². The van der Waals surface area contributed by atoms with Crippen LogP contribution in [0.2, 0.25) is 0 Å². The number of thiophene rings is 1. The maximum absolute atomic E-state index is 13.4. The number of rotatable bonds is 8. The Morgan fingerprint density at radius 2 is 1.94 bits per heavy atom. The zero-order valence-corrected chi connectivity index (χ0v) is 20.8. The van der Waals surface area contributed by atoms with E-state index in [2.05, 4.69) is 6.07 Å².